The number of nitrogens with one attached hydrogen (secondary N) is 1. The molecule has 0 aromatic rings. The predicted molar refractivity (Wildman–Crippen MR) is 55.7 cm³/mol. The number of alkyl halides is 2. The molecule has 0 saturated carbocycles. The van der Waals surface area contributed by atoms with Crippen LogP contribution in [0.15, 0.2) is 0 Å². The molecule has 0 unspecified atom stereocenters. The second-order valence-corrected chi connectivity index (χ2v) is 6.63. The minimum absolute atomic E-state index is 0.156. The van der Waals surface area contributed by atoms with Crippen molar-refractivity contribution in [2.45, 2.75) is 10.6 Å². The van der Waals surface area contributed by atoms with E-state index in [1.54, 1.807) is 14.1 Å². The van der Waals surface area contributed by atoms with Crippen LogP contribution >= 0.6 is 23.2 Å². The Bertz CT molecular complexity index is 289. The predicted octanol–water partition coefficient (Wildman–Crippen LogP) is 0.145. The summed E-state index contributed by atoms with van der Waals surface area (Å²) in [4.78, 5) is 11.0. The van der Waals surface area contributed by atoms with E-state index in [9.17, 15) is 13.2 Å². The molecule has 0 heterocycles. The lowest BCUT2D eigenvalue weighted by atomic mass is 10.5. The summed E-state index contributed by atoms with van der Waals surface area (Å²) < 4.78 is 20.6. The van der Waals surface area contributed by atoms with E-state index < -0.39 is 19.9 Å². The highest BCUT2D eigenvalue weighted by atomic mass is 35.5. The summed E-state index contributed by atoms with van der Waals surface area (Å²) in [6.45, 7) is 0. The van der Waals surface area contributed by atoms with Crippen molar-refractivity contribution in [1.82, 2.24) is 10.4 Å². The normalized spacial score (nSPS) is 12.1. The van der Waals surface area contributed by atoms with Crippen molar-refractivity contribution >= 4 is 38.9 Å². The molecular weight excluding hydrogens is 251 g/mol. The molecule has 84 valence electrons. The summed E-state index contributed by atoms with van der Waals surface area (Å²) >= 11 is 10.4. The average Bonchev–Trinajstić information content (AvgIpc) is 1.99. The minimum Gasteiger partial charge on any atom is -0.289 e. The summed E-state index contributed by atoms with van der Waals surface area (Å²) in [6, 6.07) is 0. The largest absolute Gasteiger partial charge is 0.289 e. The van der Waals surface area contributed by atoms with Gasteiger partial charge in [0.2, 0.25) is 10.1 Å². The van der Waals surface area contributed by atoms with Gasteiger partial charge in [0.15, 0.2) is 9.84 Å². The number of sulfone groups is 1. The molecule has 0 aromatic carbocycles. The third-order valence-electron chi connectivity index (χ3n) is 1.23. The first-order valence-electron chi connectivity index (χ1n) is 3.72. The number of carbonyl (C=O) groups excluding carboxylic acids is 1. The topological polar surface area (TPSA) is 66.5 Å². The van der Waals surface area contributed by atoms with Crippen LogP contribution in [0.5, 0.6) is 0 Å². The van der Waals surface area contributed by atoms with Crippen LogP contribution in [0.4, 0.5) is 0 Å². The van der Waals surface area contributed by atoms with E-state index in [-0.39, 0.29) is 12.2 Å². The summed E-state index contributed by atoms with van der Waals surface area (Å²) in [5.74, 6) is -0.753. The molecule has 0 aliphatic heterocycles. The molecule has 14 heavy (non-hydrogen) atoms. The van der Waals surface area contributed by atoms with Gasteiger partial charge < -0.3 is 0 Å². The molecule has 0 aromatic heterocycles. The number of hydrogen-bond acceptors (Lipinski definition) is 4. The lowest BCUT2D eigenvalue weighted by molar-refractivity contribution is -0.124. The highest BCUT2D eigenvalue weighted by molar-refractivity contribution is 7.94. The van der Waals surface area contributed by atoms with Crippen LogP contribution in [0.3, 0.4) is 0 Å². The highest BCUT2D eigenvalue weighted by Gasteiger charge is 2.21. The van der Waals surface area contributed by atoms with Crippen LogP contribution in [0.2, 0.25) is 0 Å². The van der Waals surface area contributed by atoms with Crippen molar-refractivity contribution in [3.8, 4) is 0 Å². The van der Waals surface area contributed by atoms with E-state index in [0.717, 1.165) is 0 Å². The standard InChI is InChI=1S/C6H12Cl2N2O3S/c1-10(2)9-5(11)3-4-14(12,13)6(7)8/h6H,3-4H2,1-2H3,(H,9,11). The van der Waals surface area contributed by atoms with Gasteiger partial charge in [0.1, 0.15) is 0 Å². The van der Waals surface area contributed by atoms with E-state index in [0.29, 0.717) is 0 Å². The Morgan fingerprint density at radius 2 is 1.93 bits per heavy atom. The zero-order valence-electron chi connectivity index (χ0n) is 7.83. The maximum Gasteiger partial charge on any atom is 0.235 e. The van der Waals surface area contributed by atoms with Crippen LogP contribution in [-0.2, 0) is 14.6 Å². The molecule has 5 nitrogen and oxygen atoms in total. The summed E-state index contributed by atoms with van der Waals surface area (Å²) in [6.07, 6.45) is -0.156. The molecule has 0 radical (unpaired) electrons. The number of halogens is 2. The van der Waals surface area contributed by atoms with Crippen LogP contribution in [-0.4, -0.2) is 43.4 Å². The highest BCUT2D eigenvalue weighted by Crippen LogP contribution is 2.12. The molecular formula is C6H12Cl2N2O3S. The number of rotatable bonds is 5. The first kappa shape index (κ1) is 14.0. The lowest BCUT2D eigenvalue weighted by Gasteiger charge is -2.11. The molecule has 1 amide bonds. The maximum atomic E-state index is 11.1. The van der Waals surface area contributed by atoms with Crippen molar-refractivity contribution in [3.63, 3.8) is 0 Å². The Morgan fingerprint density at radius 1 is 1.43 bits per heavy atom. The molecule has 0 rings (SSSR count). The lowest BCUT2D eigenvalue weighted by Crippen LogP contribution is -2.37. The minimum atomic E-state index is -3.58. The SMILES string of the molecule is CN(C)NC(=O)CCS(=O)(=O)C(Cl)Cl. The van der Waals surface area contributed by atoms with Crippen LogP contribution in [0.25, 0.3) is 0 Å². The Hall–Kier alpha value is -0.0400. The van der Waals surface area contributed by atoms with Crippen molar-refractivity contribution in [3.05, 3.63) is 0 Å². The van der Waals surface area contributed by atoms with E-state index in [1.807, 2.05) is 0 Å². The van der Waals surface area contributed by atoms with E-state index in [2.05, 4.69) is 5.43 Å². The first-order chi connectivity index (χ1) is 6.25. The zero-order chi connectivity index (χ0) is 11.4. The molecule has 8 heteroatoms. The number of hydrogen-bond donors (Lipinski definition) is 1. The number of hydrazine groups is 1. The fraction of sp³-hybridized carbons (Fsp3) is 0.833. The van der Waals surface area contributed by atoms with Gasteiger partial charge in [0, 0.05) is 20.5 Å². The molecule has 1 N–H and O–H groups in total. The van der Waals surface area contributed by atoms with Crippen LogP contribution < -0.4 is 5.43 Å². The maximum absolute atomic E-state index is 11.1. The van der Waals surface area contributed by atoms with E-state index in [1.165, 1.54) is 5.01 Å². The van der Waals surface area contributed by atoms with Crippen molar-refractivity contribution in [1.29, 1.82) is 0 Å². The number of nitrogens with zero attached hydrogens (tertiary/aromatic N) is 1. The average molecular weight is 263 g/mol. The molecule has 0 saturated heterocycles. The van der Waals surface area contributed by atoms with Gasteiger partial charge in [-0.25, -0.2) is 13.4 Å². The molecule has 0 bridgehead atoms. The Balaban J connectivity index is 4.01. The smallest absolute Gasteiger partial charge is 0.235 e. The van der Waals surface area contributed by atoms with Gasteiger partial charge in [-0.3, -0.25) is 10.2 Å². The number of amides is 1. The molecule has 0 spiro atoms. The summed E-state index contributed by atoms with van der Waals surface area (Å²) in [7, 11) is -0.331. The van der Waals surface area contributed by atoms with Crippen LogP contribution in [0, 0.1) is 0 Å². The fourth-order valence-corrected chi connectivity index (χ4v) is 1.81. The van der Waals surface area contributed by atoms with Gasteiger partial charge in [-0.1, -0.05) is 23.2 Å². The Labute approximate surface area is 93.2 Å². The second kappa shape index (κ2) is 5.75. The molecule has 0 fully saturated rings. The Kier molecular flexibility index (Phi) is 5.73. The first-order valence-corrected chi connectivity index (χ1v) is 6.31. The van der Waals surface area contributed by atoms with Crippen molar-refractivity contribution in [2.24, 2.45) is 0 Å². The van der Waals surface area contributed by atoms with Gasteiger partial charge in [-0.2, -0.15) is 0 Å². The zero-order valence-corrected chi connectivity index (χ0v) is 10.2. The van der Waals surface area contributed by atoms with Gasteiger partial charge in [0.05, 0.1) is 5.75 Å². The van der Waals surface area contributed by atoms with E-state index in [4.69, 9.17) is 23.2 Å². The van der Waals surface area contributed by atoms with Gasteiger partial charge >= 0.3 is 0 Å². The second-order valence-electron chi connectivity index (χ2n) is 2.81. The summed E-state index contributed by atoms with van der Waals surface area (Å²) in [5, 5.41) is 1.42. The quantitative estimate of drug-likeness (QED) is 0.566. The van der Waals surface area contributed by atoms with Crippen molar-refractivity contribution < 1.29 is 13.2 Å². The van der Waals surface area contributed by atoms with Crippen molar-refractivity contribution in [2.75, 3.05) is 19.8 Å². The molecule has 0 aliphatic rings. The van der Waals surface area contributed by atoms with Gasteiger partial charge in [-0.05, 0) is 0 Å². The fourth-order valence-electron chi connectivity index (χ4n) is 0.629. The monoisotopic (exact) mass is 262 g/mol. The third kappa shape index (κ3) is 5.64. The van der Waals surface area contributed by atoms with E-state index >= 15 is 0 Å². The van der Waals surface area contributed by atoms with Gasteiger partial charge in [-0.15, -0.1) is 0 Å². The number of carbonyl (C=O) groups is 1. The Morgan fingerprint density at radius 3 is 2.29 bits per heavy atom. The summed E-state index contributed by atoms with van der Waals surface area (Å²) in [5.41, 5.74) is 2.40. The van der Waals surface area contributed by atoms with Gasteiger partial charge in [0.25, 0.3) is 0 Å². The third-order valence-corrected chi connectivity index (χ3v) is 4.18. The van der Waals surface area contributed by atoms with Crippen LogP contribution in [0.1, 0.15) is 6.42 Å². The molecule has 0 aliphatic carbocycles. The molecule has 0 atom stereocenters.